The molecule has 3 N–H and O–H groups in total. The summed E-state index contributed by atoms with van der Waals surface area (Å²) in [5, 5.41) is 1.04. The van der Waals surface area contributed by atoms with Gasteiger partial charge in [-0.25, -0.2) is 15.8 Å². The number of methoxy groups -OCH3 is 1. The summed E-state index contributed by atoms with van der Waals surface area (Å²) in [5.41, 5.74) is 3.89. The van der Waals surface area contributed by atoms with E-state index in [1.165, 1.54) is 10.4 Å². The first-order valence-electron chi connectivity index (χ1n) is 5.97. The van der Waals surface area contributed by atoms with E-state index < -0.39 is 0 Å². The van der Waals surface area contributed by atoms with Crippen molar-refractivity contribution < 1.29 is 4.74 Å². The van der Waals surface area contributed by atoms with Gasteiger partial charge in [-0.05, 0) is 19.4 Å². The lowest BCUT2D eigenvalue weighted by Crippen LogP contribution is -2.11. The van der Waals surface area contributed by atoms with E-state index in [0.717, 1.165) is 34.2 Å². The molecule has 2 aromatic heterocycles. The van der Waals surface area contributed by atoms with Crippen molar-refractivity contribution in [3.63, 3.8) is 0 Å². The highest BCUT2D eigenvalue weighted by molar-refractivity contribution is 7.98. The number of nitrogens with zero attached hydrogens (tertiary/aromatic N) is 2. The molecule has 0 bridgehead atoms. The first kappa shape index (κ1) is 14.5. The molecule has 0 aromatic carbocycles. The van der Waals surface area contributed by atoms with Gasteiger partial charge < -0.3 is 10.2 Å². The number of hydrogen-bond acceptors (Lipinski definition) is 7. The summed E-state index contributed by atoms with van der Waals surface area (Å²) < 4.78 is 5.02. The van der Waals surface area contributed by atoms with Gasteiger partial charge >= 0.3 is 0 Å². The van der Waals surface area contributed by atoms with E-state index in [0.29, 0.717) is 5.82 Å². The van der Waals surface area contributed by atoms with Crippen LogP contribution in [0.15, 0.2) is 0 Å². The highest BCUT2D eigenvalue weighted by Gasteiger charge is 2.13. The van der Waals surface area contributed by atoms with Crippen LogP contribution in [0.2, 0.25) is 0 Å². The topological polar surface area (TPSA) is 73.1 Å². The zero-order valence-corrected chi connectivity index (χ0v) is 13.0. The van der Waals surface area contributed by atoms with E-state index in [2.05, 4.69) is 29.2 Å². The van der Waals surface area contributed by atoms with Crippen LogP contribution in [0.1, 0.15) is 16.3 Å². The summed E-state index contributed by atoms with van der Waals surface area (Å²) >= 11 is 3.44. The van der Waals surface area contributed by atoms with Crippen LogP contribution in [0.25, 0.3) is 10.2 Å². The number of hydrogen-bond donors (Lipinski definition) is 2. The number of aromatic nitrogens is 2. The average molecular weight is 298 g/mol. The minimum atomic E-state index is 0.717. The van der Waals surface area contributed by atoms with Crippen LogP contribution in [0.4, 0.5) is 5.82 Å². The van der Waals surface area contributed by atoms with E-state index in [1.807, 2.05) is 0 Å². The average Bonchev–Trinajstić information content (AvgIpc) is 2.69. The maximum Gasteiger partial charge on any atom is 0.152 e. The minimum absolute atomic E-state index is 0.717. The molecule has 19 heavy (non-hydrogen) atoms. The first-order chi connectivity index (χ1) is 9.17. The van der Waals surface area contributed by atoms with Gasteiger partial charge in [-0.1, -0.05) is 0 Å². The third-order valence-electron chi connectivity index (χ3n) is 2.87. The third kappa shape index (κ3) is 3.17. The summed E-state index contributed by atoms with van der Waals surface area (Å²) in [6.07, 6.45) is 0. The second-order valence-electron chi connectivity index (χ2n) is 4.14. The van der Waals surface area contributed by atoms with E-state index >= 15 is 0 Å². The fourth-order valence-corrected chi connectivity index (χ4v) is 3.56. The molecule has 0 aliphatic rings. The van der Waals surface area contributed by atoms with Crippen molar-refractivity contribution in [2.45, 2.75) is 19.6 Å². The Hall–Kier alpha value is -0.890. The van der Waals surface area contributed by atoms with E-state index in [-0.39, 0.29) is 0 Å². The monoisotopic (exact) mass is 298 g/mol. The van der Waals surface area contributed by atoms with Crippen molar-refractivity contribution in [2.75, 3.05) is 24.9 Å². The minimum Gasteiger partial charge on any atom is -0.384 e. The molecule has 104 valence electrons. The lowest BCUT2D eigenvalue weighted by molar-refractivity contribution is 0.218. The van der Waals surface area contributed by atoms with Crippen molar-refractivity contribution in [3.05, 3.63) is 16.3 Å². The quantitative estimate of drug-likeness (QED) is 0.485. The van der Waals surface area contributed by atoms with Crippen LogP contribution in [-0.4, -0.2) is 29.4 Å². The molecule has 0 fully saturated rings. The molecule has 5 nitrogen and oxygen atoms in total. The number of anilines is 1. The van der Waals surface area contributed by atoms with Crippen LogP contribution in [0.5, 0.6) is 0 Å². The Morgan fingerprint density at radius 2 is 2.16 bits per heavy atom. The predicted octanol–water partition coefficient (Wildman–Crippen LogP) is 2.47. The lowest BCUT2D eigenvalue weighted by atomic mass is 10.2. The number of rotatable bonds is 6. The molecular weight excluding hydrogens is 280 g/mol. The number of nitrogens with two attached hydrogens (primary N) is 1. The number of fused-ring (bicyclic) bond motifs is 1. The highest BCUT2D eigenvalue weighted by atomic mass is 32.2. The van der Waals surface area contributed by atoms with Crippen molar-refractivity contribution in [3.8, 4) is 0 Å². The highest BCUT2D eigenvalue weighted by Crippen LogP contribution is 2.33. The molecule has 0 saturated heterocycles. The van der Waals surface area contributed by atoms with Gasteiger partial charge in [-0.3, -0.25) is 0 Å². The summed E-state index contributed by atoms with van der Waals surface area (Å²) in [6.45, 7) is 4.91. The van der Waals surface area contributed by atoms with Gasteiger partial charge in [0.25, 0.3) is 0 Å². The smallest absolute Gasteiger partial charge is 0.152 e. The second-order valence-corrected chi connectivity index (χ2v) is 6.45. The zero-order chi connectivity index (χ0) is 13.8. The van der Waals surface area contributed by atoms with Gasteiger partial charge in [0.2, 0.25) is 0 Å². The first-order valence-corrected chi connectivity index (χ1v) is 7.94. The number of nitrogen functional groups attached to an aromatic ring is 1. The van der Waals surface area contributed by atoms with Gasteiger partial charge in [-0.2, -0.15) is 11.8 Å². The molecule has 0 unspecified atom stereocenters. The van der Waals surface area contributed by atoms with Crippen LogP contribution < -0.4 is 11.3 Å². The molecule has 7 heteroatoms. The number of hydrazine groups is 1. The number of aryl methyl sites for hydroxylation is 2. The van der Waals surface area contributed by atoms with Gasteiger partial charge in [0.05, 0.1) is 17.7 Å². The number of nitrogens with one attached hydrogen (secondary N) is 1. The molecule has 2 rings (SSSR count). The second kappa shape index (κ2) is 6.51. The van der Waals surface area contributed by atoms with Crippen LogP contribution in [0.3, 0.4) is 0 Å². The number of thiophene rings is 1. The van der Waals surface area contributed by atoms with Crippen molar-refractivity contribution >= 4 is 39.1 Å². The van der Waals surface area contributed by atoms with Crippen LogP contribution >= 0.6 is 23.1 Å². The fourth-order valence-electron chi connectivity index (χ4n) is 1.77. The molecule has 0 aliphatic carbocycles. The SMILES string of the molecule is COCCSCc1nc(NN)c2c(C)c(C)sc2n1. The van der Waals surface area contributed by atoms with E-state index in [9.17, 15) is 0 Å². The maximum atomic E-state index is 5.58. The van der Waals surface area contributed by atoms with Gasteiger partial charge in [0.1, 0.15) is 10.7 Å². The Kier molecular flexibility index (Phi) is 4.98. The molecule has 0 aliphatic heterocycles. The van der Waals surface area contributed by atoms with Crippen LogP contribution in [0, 0.1) is 13.8 Å². The van der Waals surface area contributed by atoms with Gasteiger partial charge in [0, 0.05) is 17.7 Å². The molecule has 0 amide bonds. The van der Waals surface area contributed by atoms with E-state index in [4.69, 9.17) is 10.6 Å². The van der Waals surface area contributed by atoms with Crippen molar-refractivity contribution in [1.82, 2.24) is 9.97 Å². The molecule has 0 radical (unpaired) electrons. The largest absolute Gasteiger partial charge is 0.384 e. The van der Waals surface area contributed by atoms with Gasteiger partial charge in [0.15, 0.2) is 5.82 Å². The van der Waals surface area contributed by atoms with Gasteiger partial charge in [-0.15, -0.1) is 11.3 Å². The Bertz CT molecular complexity index is 570. The molecule has 0 saturated carbocycles. The maximum absolute atomic E-state index is 5.58. The number of ether oxygens (including phenoxy) is 1. The van der Waals surface area contributed by atoms with E-state index in [1.54, 1.807) is 30.2 Å². The zero-order valence-electron chi connectivity index (χ0n) is 11.3. The normalized spacial score (nSPS) is 11.2. The summed E-state index contributed by atoms with van der Waals surface area (Å²) in [7, 11) is 1.71. The summed E-state index contributed by atoms with van der Waals surface area (Å²) in [6, 6.07) is 0. The Morgan fingerprint density at radius 1 is 1.37 bits per heavy atom. The molecule has 2 aromatic rings. The molecule has 0 spiro atoms. The Morgan fingerprint density at radius 3 is 2.84 bits per heavy atom. The Balaban J connectivity index is 2.27. The van der Waals surface area contributed by atoms with Crippen molar-refractivity contribution in [2.24, 2.45) is 5.84 Å². The van der Waals surface area contributed by atoms with Crippen LogP contribution in [-0.2, 0) is 10.5 Å². The Labute approximate surface area is 120 Å². The summed E-state index contributed by atoms with van der Waals surface area (Å²) in [4.78, 5) is 11.4. The van der Waals surface area contributed by atoms with Crippen molar-refractivity contribution in [1.29, 1.82) is 0 Å². The predicted molar refractivity (Wildman–Crippen MR) is 82.7 cm³/mol. The number of thioether (sulfide) groups is 1. The standard InChI is InChI=1S/C12H18N4OS2/c1-7-8(2)19-12-10(7)11(16-13)14-9(15-12)6-18-5-4-17-3/h4-6,13H2,1-3H3,(H,14,15,16). The summed E-state index contributed by atoms with van der Waals surface area (Å²) in [5.74, 6) is 8.81. The molecular formula is C12H18N4OS2. The third-order valence-corrected chi connectivity index (χ3v) is 4.89. The molecule has 0 atom stereocenters. The lowest BCUT2D eigenvalue weighted by Gasteiger charge is -2.06. The fraction of sp³-hybridized carbons (Fsp3) is 0.500. The molecule has 2 heterocycles.